The summed E-state index contributed by atoms with van der Waals surface area (Å²) in [6.07, 6.45) is 1.78. The van der Waals surface area contributed by atoms with E-state index < -0.39 is 0 Å². The van der Waals surface area contributed by atoms with Crippen LogP contribution in [0.3, 0.4) is 0 Å². The predicted octanol–water partition coefficient (Wildman–Crippen LogP) is 2.40. The summed E-state index contributed by atoms with van der Waals surface area (Å²) in [5.41, 5.74) is 6.50. The van der Waals surface area contributed by atoms with Crippen molar-refractivity contribution in [3.63, 3.8) is 0 Å². The summed E-state index contributed by atoms with van der Waals surface area (Å²) in [6, 6.07) is 6.99. The Labute approximate surface area is 98.0 Å². The maximum absolute atomic E-state index is 9.12. The molecular formula is C10H11ClN2OS. The van der Waals surface area contributed by atoms with E-state index in [1.165, 1.54) is 0 Å². The number of thiazole rings is 1. The minimum Gasteiger partial charge on any atom is -0.508 e. The lowest BCUT2D eigenvalue weighted by atomic mass is 10.2. The Kier molecular flexibility index (Phi) is 4.08. The fraction of sp³-hybridized carbons (Fsp3) is 0.100. The number of rotatable bonds is 2. The van der Waals surface area contributed by atoms with Crippen molar-refractivity contribution in [2.75, 3.05) is 0 Å². The van der Waals surface area contributed by atoms with E-state index in [2.05, 4.69) is 4.98 Å². The van der Waals surface area contributed by atoms with Crippen molar-refractivity contribution in [1.29, 1.82) is 0 Å². The number of phenolic OH excluding ortho intramolecular Hbond substituents is 1. The Morgan fingerprint density at radius 3 is 2.47 bits per heavy atom. The zero-order valence-electron chi connectivity index (χ0n) is 7.88. The molecule has 3 N–H and O–H groups in total. The van der Waals surface area contributed by atoms with Crippen LogP contribution in [0.2, 0.25) is 0 Å². The Balaban J connectivity index is 0.00000112. The first kappa shape index (κ1) is 12.0. The second-order valence-corrected chi connectivity index (χ2v) is 4.00. The second kappa shape index (κ2) is 5.11. The van der Waals surface area contributed by atoms with Gasteiger partial charge in [0, 0.05) is 23.2 Å². The molecule has 0 unspecified atom stereocenters. The molecule has 1 aromatic heterocycles. The molecule has 1 heterocycles. The van der Waals surface area contributed by atoms with Crippen molar-refractivity contribution < 1.29 is 5.11 Å². The van der Waals surface area contributed by atoms with Gasteiger partial charge in [0.15, 0.2) is 0 Å². The molecule has 0 atom stereocenters. The molecular weight excluding hydrogens is 232 g/mol. The number of phenols is 1. The van der Waals surface area contributed by atoms with E-state index in [-0.39, 0.29) is 18.2 Å². The lowest BCUT2D eigenvalue weighted by Crippen LogP contribution is -1.91. The number of benzene rings is 1. The average molecular weight is 243 g/mol. The first-order chi connectivity index (χ1) is 6.79. The van der Waals surface area contributed by atoms with Crippen molar-refractivity contribution >= 4 is 23.7 Å². The van der Waals surface area contributed by atoms with Crippen LogP contribution in [-0.4, -0.2) is 10.1 Å². The standard InChI is InChI=1S/C10H10N2OS.ClH/c11-5-9-6-12-10(14-9)7-1-3-8(13)4-2-7;/h1-4,6,13H,5,11H2;1H. The van der Waals surface area contributed by atoms with Crippen LogP contribution < -0.4 is 5.73 Å². The normalized spacial score (nSPS) is 9.67. The smallest absolute Gasteiger partial charge is 0.123 e. The summed E-state index contributed by atoms with van der Waals surface area (Å²) < 4.78 is 0. The Hall–Kier alpha value is -1.10. The van der Waals surface area contributed by atoms with E-state index in [1.807, 2.05) is 12.1 Å². The maximum Gasteiger partial charge on any atom is 0.123 e. The number of halogens is 1. The van der Waals surface area contributed by atoms with Crippen LogP contribution in [0.5, 0.6) is 5.75 Å². The Morgan fingerprint density at radius 1 is 1.27 bits per heavy atom. The van der Waals surface area contributed by atoms with Crippen LogP contribution in [0, 0.1) is 0 Å². The lowest BCUT2D eigenvalue weighted by molar-refractivity contribution is 0.475. The third kappa shape index (κ3) is 2.68. The zero-order chi connectivity index (χ0) is 9.97. The molecule has 3 nitrogen and oxygen atoms in total. The van der Waals surface area contributed by atoms with Crippen LogP contribution in [0.1, 0.15) is 4.88 Å². The van der Waals surface area contributed by atoms with Crippen LogP contribution in [-0.2, 0) is 6.54 Å². The molecule has 1 aromatic carbocycles. The molecule has 0 aliphatic heterocycles. The highest BCUT2D eigenvalue weighted by molar-refractivity contribution is 7.15. The third-order valence-electron chi connectivity index (χ3n) is 1.87. The van der Waals surface area contributed by atoms with E-state index in [0.717, 1.165) is 15.4 Å². The quantitative estimate of drug-likeness (QED) is 0.850. The average Bonchev–Trinajstić information content (AvgIpc) is 2.67. The molecule has 0 spiro atoms. The van der Waals surface area contributed by atoms with Crippen molar-refractivity contribution in [2.24, 2.45) is 5.73 Å². The number of nitrogens with zero attached hydrogens (tertiary/aromatic N) is 1. The van der Waals surface area contributed by atoms with Gasteiger partial charge in [-0.3, -0.25) is 0 Å². The van der Waals surface area contributed by atoms with E-state index in [1.54, 1.807) is 29.7 Å². The fourth-order valence-electron chi connectivity index (χ4n) is 1.14. The topological polar surface area (TPSA) is 59.1 Å². The van der Waals surface area contributed by atoms with Gasteiger partial charge in [-0.1, -0.05) is 0 Å². The number of nitrogens with two attached hydrogens (primary N) is 1. The van der Waals surface area contributed by atoms with Gasteiger partial charge in [-0.2, -0.15) is 0 Å². The summed E-state index contributed by atoms with van der Waals surface area (Å²) in [7, 11) is 0. The molecule has 0 bridgehead atoms. The molecule has 5 heteroatoms. The molecule has 0 fully saturated rings. The van der Waals surface area contributed by atoms with E-state index in [4.69, 9.17) is 10.8 Å². The zero-order valence-corrected chi connectivity index (χ0v) is 9.52. The summed E-state index contributed by atoms with van der Waals surface area (Å²) in [5.74, 6) is 0.268. The SMILES string of the molecule is Cl.NCc1cnc(-c2ccc(O)cc2)s1. The van der Waals surface area contributed by atoms with Gasteiger partial charge >= 0.3 is 0 Å². The molecule has 0 saturated heterocycles. The third-order valence-corrected chi connectivity index (χ3v) is 2.94. The first-order valence-corrected chi connectivity index (χ1v) is 5.05. The highest BCUT2D eigenvalue weighted by Crippen LogP contribution is 2.26. The van der Waals surface area contributed by atoms with Gasteiger partial charge < -0.3 is 10.8 Å². The van der Waals surface area contributed by atoms with Crippen LogP contribution in [0.25, 0.3) is 10.6 Å². The minimum atomic E-state index is 0. The molecule has 0 aliphatic carbocycles. The molecule has 0 radical (unpaired) electrons. The highest BCUT2D eigenvalue weighted by Gasteiger charge is 2.02. The Morgan fingerprint density at radius 2 is 1.93 bits per heavy atom. The molecule has 15 heavy (non-hydrogen) atoms. The number of aromatic hydroxyl groups is 1. The van der Waals surface area contributed by atoms with Crippen LogP contribution in [0.4, 0.5) is 0 Å². The van der Waals surface area contributed by atoms with Crippen molar-refractivity contribution in [1.82, 2.24) is 4.98 Å². The van der Waals surface area contributed by atoms with E-state index in [9.17, 15) is 0 Å². The summed E-state index contributed by atoms with van der Waals surface area (Å²) in [5, 5.41) is 10.1. The molecule has 80 valence electrons. The molecule has 2 rings (SSSR count). The Bertz CT molecular complexity index is 427. The van der Waals surface area contributed by atoms with Crippen LogP contribution >= 0.6 is 23.7 Å². The van der Waals surface area contributed by atoms with E-state index >= 15 is 0 Å². The molecule has 2 aromatic rings. The van der Waals surface area contributed by atoms with Gasteiger partial charge in [0.25, 0.3) is 0 Å². The minimum absolute atomic E-state index is 0. The van der Waals surface area contributed by atoms with Crippen molar-refractivity contribution in [3.05, 3.63) is 35.3 Å². The highest BCUT2D eigenvalue weighted by atomic mass is 35.5. The second-order valence-electron chi connectivity index (χ2n) is 2.88. The fourth-order valence-corrected chi connectivity index (χ4v) is 1.94. The monoisotopic (exact) mass is 242 g/mol. The first-order valence-electron chi connectivity index (χ1n) is 4.24. The van der Waals surface area contributed by atoms with Crippen LogP contribution in [0.15, 0.2) is 30.5 Å². The summed E-state index contributed by atoms with van der Waals surface area (Å²) >= 11 is 1.57. The molecule has 0 aliphatic rings. The molecule has 0 amide bonds. The van der Waals surface area contributed by atoms with Crippen molar-refractivity contribution in [3.8, 4) is 16.3 Å². The summed E-state index contributed by atoms with van der Waals surface area (Å²) in [6.45, 7) is 0.524. The predicted molar refractivity (Wildman–Crippen MR) is 64.4 cm³/mol. The van der Waals surface area contributed by atoms with Gasteiger partial charge in [0.2, 0.25) is 0 Å². The number of aromatic nitrogens is 1. The maximum atomic E-state index is 9.12. The van der Waals surface area contributed by atoms with Gasteiger partial charge in [-0.25, -0.2) is 4.98 Å². The number of hydrogen-bond donors (Lipinski definition) is 2. The number of hydrogen-bond acceptors (Lipinski definition) is 4. The largest absolute Gasteiger partial charge is 0.508 e. The lowest BCUT2D eigenvalue weighted by Gasteiger charge is -1.95. The van der Waals surface area contributed by atoms with Gasteiger partial charge in [-0.05, 0) is 24.3 Å². The van der Waals surface area contributed by atoms with Gasteiger partial charge in [0.1, 0.15) is 10.8 Å². The van der Waals surface area contributed by atoms with Crippen molar-refractivity contribution in [2.45, 2.75) is 6.54 Å². The molecule has 0 saturated carbocycles. The summed E-state index contributed by atoms with van der Waals surface area (Å²) in [4.78, 5) is 5.31. The van der Waals surface area contributed by atoms with Gasteiger partial charge in [-0.15, -0.1) is 23.7 Å². The van der Waals surface area contributed by atoms with Gasteiger partial charge in [0.05, 0.1) is 0 Å². The van der Waals surface area contributed by atoms with E-state index in [0.29, 0.717) is 6.54 Å².